The number of fused-ring (bicyclic) bond motifs is 1. The lowest BCUT2D eigenvalue weighted by molar-refractivity contribution is 0.0929. The maximum absolute atomic E-state index is 13.2. The van der Waals surface area contributed by atoms with Gasteiger partial charge in [0.05, 0.1) is 12.8 Å². The molecule has 4 rings (SSSR count). The first kappa shape index (κ1) is 23.8. The molecule has 178 valence electrons. The van der Waals surface area contributed by atoms with Crippen molar-refractivity contribution in [1.29, 1.82) is 0 Å². The second-order valence-corrected chi connectivity index (χ2v) is 7.70. The van der Waals surface area contributed by atoms with E-state index in [2.05, 4.69) is 17.1 Å². The SMILES string of the molecule is C=CCc1cc(/C=N/NC(=O)c2cc3ccccc3o2)cc(OCC)c1OCc1ccc(F)cc1. The van der Waals surface area contributed by atoms with E-state index in [1.54, 1.807) is 36.4 Å². The molecule has 1 N–H and O–H groups in total. The summed E-state index contributed by atoms with van der Waals surface area (Å²) in [6.45, 7) is 6.40. The Morgan fingerprint density at radius 3 is 2.66 bits per heavy atom. The van der Waals surface area contributed by atoms with Crippen LogP contribution in [0.5, 0.6) is 11.5 Å². The van der Waals surface area contributed by atoms with Crippen LogP contribution in [0.1, 0.15) is 34.2 Å². The Hall–Kier alpha value is -4.39. The van der Waals surface area contributed by atoms with Gasteiger partial charge in [-0.25, -0.2) is 9.82 Å². The molecule has 0 saturated carbocycles. The summed E-state index contributed by atoms with van der Waals surface area (Å²) in [4.78, 5) is 12.4. The predicted molar refractivity (Wildman–Crippen MR) is 134 cm³/mol. The molecule has 0 aliphatic rings. The van der Waals surface area contributed by atoms with E-state index < -0.39 is 5.91 Å². The fourth-order valence-corrected chi connectivity index (χ4v) is 3.54. The number of furan rings is 1. The average Bonchev–Trinajstić information content (AvgIpc) is 3.30. The summed E-state index contributed by atoms with van der Waals surface area (Å²) in [7, 11) is 0. The Labute approximate surface area is 202 Å². The molecular formula is C28H25FN2O4. The van der Waals surface area contributed by atoms with E-state index in [1.807, 2.05) is 31.2 Å². The van der Waals surface area contributed by atoms with Gasteiger partial charge in [-0.15, -0.1) is 6.58 Å². The molecule has 7 heteroatoms. The summed E-state index contributed by atoms with van der Waals surface area (Å²) in [6.07, 6.45) is 3.82. The topological polar surface area (TPSA) is 73.1 Å². The number of ether oxygens (including phenoxy) is 2. The molecule has 1 amide bonds. The highest BCUT2D eigenvalue weighted by atomic mass is 19.1. The van der Waals surface area contributed by atoms with Crippen LogP contribution in [0.3, 0.4) is 0 Å². The zero-order chi connectivity index (χ0) is 24.6. The van der Waals surface area contributed by atoms with Gasteiger partial charge < -0.3 is 13.9 Å². The van der Waals surface area contributed by atoms with Crippen LogP contribution in [-0.2, 0) is 13.0 Å². The van der Waals surface area contributed by atoms with Crippen molar-refractivity contribution in [3.05, 3.63) is 108 Å². The molecular weight excluding hydrogens is 447 g/mol. The van der Waals surface area contributed by atoms with E-state index in [0.29, 0.717) is 35.7 Å². The number of carbonyl (C=O) groups excluding carboxylic acids is 1. The summed E-state index contributed by atoms with van der Waals surface area (Å²) in [5.41, 5.74) is 5.51. The van der Waals surface area contributed by atoms with Crippen LogP contribution in [-0.4, -0.2) is 18.7 Å². The molecule has 0 unspecified atom stereocenters. The summed E-state index contributed by atoms with van der Waals surface area (Å²) < 4.78 is 30.7. The van der Waals surface area contributed by atoms with Crippen molar-refractivity contribution in [3.63, 3.8) is 0 Å². The van der Waals surface area contributed by atoms with Crippen molar-refractivity contribution in [3.8, 4) is 11.5 Å². The van der Waals surface area contributed by atoms with Gasteiger partial charge >= 0.3 is 5.91 Å². The molecule has 0 aliphatic heterocycles. The fraction of sp³-hybridized carbons (Fsp3) is 0.143. The third-order valence-corrected chi connectivity index (χ3v) is 5.14. The van der Waals surface area contributed by atoms with E-state index in [0.717, 1.165) is 16.5 Å². The van der Waals surface area contributed by atoms with E-state index >= 15 is 0 Å². The van der Waals surface area contributed by atoms with Crippen molar-refractivity contribution < 1.29 is 23.1 Å². The van der Waals surface area contributed by atoms with Crippen LogP contribution in [0.2, 0.25) is 0 Å². The second-order valence-electron chi connectivity index (χ2n) is 7.70. The van der Waals surface area contributed by atoms with Gasteiger partial charge in [0.2, 0.25) is 0 Å². The second kappa shape index (κ2) is 11.2. The first-order valence-corrected chi connectivity index (χ1v) is 11.2. The molecule has 35 heavy (non-hydrogen) atoms. The lowest BCUT2D eigenvalue weighted by Crippen LogP contribution is -2.16. The van der Waals surface area contributed by atoms with Gasteiger partial charge in [0.1, 0.15) is 18.0 Å². The zero-order valence-corrected chi connectivity index (χ0v) is 19.3. The molecule has 1 heterocycles. The standard InChI is InChI=1S/C28H25FN2O4/c1-3-7-22-14-20(17-30-31-28(32)26-16-21-8-5-6-9-24(21)35-26)15-25(33-4-2)27(22)34-18-19-10-12-23(29)13-11-19/h3,5-6,8-17H,1,4,7,18H2,2H3,(H,31,32)/b30-17+. The first-order chi connectivity index (χ1) is 17.1. The van der Waals surface area contributed by atoms with E-state index in [4.69, 9.17) is 13.9 Å². The van der Waals surface area contributed by atoms with Gasteiger partial charge in [0.15, 0.2) is 17.3 Å². The van der Waals surface area contributed by atoms with E-state index in [9.17, 15) is 9.18 Å². The number of hydrogen-bond donors (Lipinski definition) is 1. The molecule has 0 radical (unpaired) electrons. The highest BCUT2D eigenvalue weighted by Gasteiger charge is 2.14. The molecule has 1 aromatic heterocycles. The monoisotopic (exact) mass is 472 g/mol. The quantitative estimate of drug-likeness (QED) is 0.173. The molecule has 0 aliphatic carbocycles. The first-order valence-electron chi connectivity index (χ1n) is 11.2. The minimum atomic E-state index is -0.451. The van der Waals surface area contributed by atoms with Crippen LogP contribution in [0.15, 0.2) is 88.9 Å². The van der Waals surface area contributed by atoms with Crippen molar-refractivity contribution in [2.24, 2.45) is 5.10 Å². The third kappa shape index (κ3) is 5.95. The lowest BCUT2D eigenvalue weighted by Gasteiger charge is -2.17. The van der Waals surface area contributed by atoms with Crippen molar-refractivity contribution in [2.75, 3.05) is 6.61 Å². The smallest absolute Gasteiger partial charge is 0.307 e. The molecule has 0 bridgehead atoms. The van der Waals surface area contributed by atoms with Crippen molar-refractivity contribution in [1.82, 2.24) is 5.43 Å². The number of para-hydroxylation sites is 1. The van der Waals surface area contributed by atoms with Gasteiger partial charge in [0.25, 0.3) is 0 Å². The van der Waals surface area contributed by atoms with Crippen molar-refractivity contribution in [2.45, 2.75) is 20.0 Å². The van der Waals surface area contributed by atoms with Crippen LogP contribution in [0, 0.1) is 5.82 Å². The van der Waals surface area contributed by atoms with Crippen LogP contribution in [0.25, 0.3) is 11.0 Å². The van der Waals surface area contributed by atoms with Gasteiger partial charge in [0, 0.05) is 10.9 Å². The summed E-state index contributed by atoms with van der Waals surface area (Å²) in [5.74, 6) is 0.550. The Kier molecular flexibility index (Phi) is 7.57. The normalized spacial score (nSPS) is 11.0. The Morgan fingerprint density at radius 1 is 1.11 bits per heavy atom. The highest BCUT2D eigenvalue weighted by molar-refractivity contribution is 5.96. The van der Waals surface area contributed by atoms with E-state index in [-0.39, 0.29) is 18.2 Å². The number of halogens is 1. The van der Waals surface area contributed by atoms with Crippen LogP contribution < -0.4 is 14.9 Å². The number of hydrazone groups is 1. The maximum atomic E-state index is 13.2. The van der Waals surface area contributed by atoms with Gasteiger partial charge in [-0.05, 0) is 60.9 Å². The number of amides is 1. The minimum Gasteiger partial charge on any atom is -0.490 e. The molecule has 0 saturated heterocycles. The van der Waals surface area contributed by atoms with Gasteiger partial charge in [-0.1, -0.05) is 36.4 Å². The van der Waals surface area contributed by atoms with Gasteiger partial charge in [-0.2, -0.15) is 5.10 Å². The maximum Gasteiger partial charge on any atom is 0.307 e. The van der Waals surface area contributed by atoms with Crippen molar-refractivity contribution >= 4 is 23.1 Å². The minimum absolute atomic E-state index is 0.176. The fourth-order valence-electron chi connectivity index (χ4n) is 3.54. The molecule has 4 aromatic rings. The zero-order valence-electron chi connectivity index (χ0n) is 19.3. The highest BCUT2D eigenvalue weighted by Crippen LogP contribution is 2.34. The summed E-state index contributed by atoms with van der Waals surface area (Å²) in [6, 6.07) is 18.9. The lowest BCUT2D eigenvalue weighted by atomic mass is 10.1. The molecule has 0 fully saturated rings. The Balaban J connectivity index is 1.52. The largest absolute Gasteiger partial charge is 0.490 e. The van der Waals surface area contributed by atoms with Crippen LogP contribution >= 0.6 is 0 Å². The van der Waals surface area contributed by atoms with Gasteiger partial charge in [-0.3, -0.25) is 4.79 Å². The molecule has 0 spiro atoms. The summed E-state index contributed by atoms with van der Waals surface area (Å²) in [5, 5.41) is 4.92. The predicted octanol–water partition coefficient (Wildman–Crippen LogP) is 6.04. The summed E-state index contributed by atoms with van der Waals surface area (Å²) >= 11 is 0. The number of nitrogens with one attached hydrogen (secondary N) is 1. The van der Waals surface area contributed by atoms with Crippen LogP contribution in [0.4, 0.5) is 4.39 Å². The average molecular weight is 473 g/mol. The number of benzene rings is 3. The number of nitrogens with zero attached hydrogens (tertiary/aromatic N) is 1. The number of hydrogen-bond acceptors (Lipinski definition) is 5. The number of allylic oxidation sites excluding steroid dienone is 1. The number of rotatable bonds is 10. The third-order valence-electron chi connectivity index (χ3n) is 5.14. The number of carbonyl (C=O) groups is 1. The molecule has 0 atom stereocenters. The van der Waals surface area contributed by atoms with E-state index in [1.165, 1.54) is 18.3 Å². The molecule has 6 nitrogen and oxygen atoms in total. The Morgan fingerprint density at radius 2 is 1.91 bits per heavy atom. The molecule has 3 aromatic carbocycles. The Bertz CT molecular complexity index is 1330.